The van der Waals surface area contributed by atoms with Crippen molar-refractivity contribution in [1.82, 2.24) is 0 Å². The van der Waals surface area contributed by atoms with Crippen LogP contribution in [-0.4, -0.2) is 60.8 Å². The molecule has 13 heteroatoms. The molecule has 0 aromatic heterocycles. The van der Waals surface area contributed by atoms with Crippen LogP contribution >= 0.6 is 0 Å². The Morgan fingerprint density at radius 1 is 0.619 bits per heavy atom. The lowest BCUT2D eigenvalue weighted by molar-refractivity contribution is 0.0233. The first-order valence-corrected chi connectivity index (χ1v) is 22.0. The van der Waals surface area contributed by atoms with E-state index in [1.807, 2.05) is 77.9 Å². The predicted octanol–water partition coefficient (Wildman–Crippen LogP) is 8.79. The molecule has 0 radical (unpaired) electrons. The highest BCUT2D eigenvalue weighted by atomic mass is 16.5. The van der Waals surface area contributed by atoms with Gasteiger partial charge in [0.15, 0.2) is 11.9 Å². The van der Waals surface area contributed by atoms with Crippen molar-refractivity contribution in [3.05, 3.63) is 92.0 Å². The van der Waals surface area contributed by atoms with Crippen molar-refractivity contribution in [1.29, 1.82) is 0 Å². The van der Waals surface area contributed by atoms with Crippen molar-refractivity contribution >= 4 is 23.3 Å². The van der Waals surface area contributed by atoms with Crippen LogP contribution in [0.5, 0.6) is 34.5 Å². The van der Waals surface area contributed by atoms with Gasteiger partial charge < -0.3 is 56.8 Å². The van der Waals surface area contributed by atoms with Gasteiger partial charge in [0.05, 0.1) is 25.6 Å². The standard InChI is InChI=1S/C50H68N6O7/c1-27-29(3)45-35(31(5)43(27)57)19-21-49(7,62-45)39(37-17-15-33(55-47(51)52)25-41(37)59-9)13-11-23-61-24-12-14-40(38-18-16-34(56-48(53)54)26-42(38)60-10)50(8)22-20-36-32(6)44(58)28(2)30(4)46(36)63-50/h15-18,25-26,39-40,57-58H,11-14,19-24H2,1-10H3,(H4,51,52,55)(H4,53,54,56). The summed E-state index contributed by atoms with van der Waals surface area (Å²) in [7, 11) is 3.31. The van der Waals surface area contributed by atoms with Gasteiger partial charge in [0, 0.05) is 59.4 Å². The van der Waals surface area contributed by atoms with Crippen LogP contribution in [0.25, 0.3) is 0 Å². The number of aromatic hydroxyl groups is 2. The van der Waals surface area contributed by atoms with Crippen molar-refractivity contribution < 1.29 is 33.9 Å². The SMILES string of the molecule is COc1cc(N=C(N)N)ccc1C(CCCOCCCC(c1ccc(N=C(N)N)cc1OC)C1(C)CCc2c(C)c(O)c(C)c(C)c2O1)C1(C)CCc2c(C)c(O)c(C)c(C)c2O1. The van der Waals surface area contributed by atoms with Gasteiger partial charge in [-0.2, -0.15) is 0 Å². The molecule has 13 nitrogen and oxygen atoms in total. The van der Waals surface area contributed by atoms with E-state index in [4.69, 9.17) is 46.6 Å². The second-order valence-corrected chi connectivity index (χ2v) is 17.8. The average molecular weight is 865 g/mol. The Balaban J connectivity index is 1.22. The van der Waals surface area contributed by atoms with E-state index >= 15 is 0 Å². The lowest BCUT2D eigenvalue weighted by atomic mass is 9.74. The first-order valence-electron chi connectivity index (χ1n) is 22.0. The third kappa shape index (κ3) is 9.44. The number of rotatable bonds is 16. The minimum atomic E-state index is -0.593. The number of fused-ring (bicyclic) bond motifs is 2. The van der Waals surface area contributed by atoms with E-state index in [0.717, 1.165) is 119 Å². The first kappa shape index (κ1) is 46.7. The summed E-state index contributed by atoms with van der Waals surface area (Å²) in [5, 5.41) is 21.7. The summed E-state index contributed by atoms with van der Waals surface area (Å²) in [6, 6.07) is 11.6. The molecule has 2 heterocycles. The smallest absolute Gasteiger partial charge is 0.191 e. The Morgan fingerprint density at radius 3 is 1.35 bits per heavy atom. The lowest BCUT2D eigenvalue weighted by Gasteiger charge is -2.44. The molecular weight excluding hydrogens is 797 g/mol. The lowest BCUT2D eigenvalue weighted by Crippen LogP contribution is -2.43. The van der Waals surface area contributed by atoms with E-state index in [9.17, 15) is 10.2 Å². The number of hydrogen-bond donors (Lipinski definition) is 6. The molecule has 6 rings (SSSR count). The minimum absolute atomic E-state index is 0.0273. The van der Waals surface area contributed by atoms with Crippen molar-refractivity contribution in [3.8, 4) is 34.5 Å². The summed E-state index contributed by atoms with van der Waals surface area (Å²) in [4.78, 5) is 8.53. The molecule has 63 heavy (non-hydrogen) atoms. The quantitative estimate of drug-likeness (QED) is 0.0356. The topological polar surface area (TPSA) is 215 Å². The fourth-order valence-electron chi connectivity index (χ4n) is 9.89. The molecule has 0 fully saturated rings. The third-order valence-electron chi connectivity index (χ3n) is 13.8. The number of phenolic OH excluding ortho intramolecular Hbond substituents is 2. The molecule has 2 aliphatic heterocycles. The van der Waals surface area contributed by atoms with Crippen LogP contribution < -0.4 is 41.9 Å². The summed E-state index contributed by atoms with van der Waals surface area (Å²) in [5.74, 6) is 3.53. The zero-order valence-electron chi connectivity index (χ0n) is 38.8. The summed E-state index contributed by atoms with van der Waals surface area (Å²) < 4.78 is 32.5. The largest absolute Gasteiger partial charge is 0.507 e. The molecule has 0 saturated carbocycles. The fraction of sp³-hybridized carbons (Fsp3) is 0.480. The molecule has 4 atom stereocenters. The summed E-state index contributed by atoms with van der Waals surface area (Å²) >= 11 is 0. The highest BCUT2D eigenvalue weighted by molar-refractivity contribution is 5.80. The summed E-state index contributed by atoms with van der Waals surface area (Å²) in [6.07, 6.45) is 6.10. The van der Waals surface area contributed by atoms with Crippen LogP contribution in [0.1, 0.15) is 120 Å². The van der Waals surface area contributed by atoms with Gasteiger partial charge in [-0.1, -0.05) is 12.1 Å². The Kier molecular flexibility index (Phi) is 14.0. The number of ether oxygens (including phenoxy) is 5. The van der Waals surface area contributed by atoms with E-state index in [-0.39, 0.29) is 23.8 Å². The van der Waals surface area contributed by atoms with Crippen molar-refractivity contribution in [2.45, 2.75) is 130 Å². The zero-order chi connectivity index (χ0) is 46.0. The van der Waals surface area contributed by atoms with E-state index < -0.39 is 11.2 Å². The van der Waals surface area contributed by atoms with Crippen molar-refractivity contribution in [2.24, 2.45) is 32.9 Å². The van der Waals surface area contributed by atoms with E-state index in [1.54, 1.807) is 14.2 Å². The first-order chi connectivity index (χ1) is 29.8. The Hall–Kier alpha value is -5.82. The highest BCUT2D eigenvalue weighted by Gasteiger charge is 2.44. The third-order valence-corrected chi connectivity index (χ3v) is 13.8. The molecule has 4 aromatic rings. The molecule has 0 aliphatic carbocycles. The molecule has 0 bridgehead atoms. The summed E-state index contributed by atoms with van der Waals surface area (Å²) in [6.45, 7) is 17.3. The molecule has 2 aliphatic rings. The number of methoxy groups -OCH3 is 2. The predicted molar refractivity (Wildman–Crippen MR) is 251 cm³/mol. The van der Waals surface area contributed by atoms with Crippen molar-refractivity contribution in [3.63, 3.8) is 0 Å². The average Bonchev–Trinajstić information content (AvgIpc) is 3.25. The molecule has 340 valence electrons. The second kappa shape index (κ2) is 18.9. The van der Waals surface area contributed by atoms with Gasteiger partial charge in [0.2, 0.25) is 0 Å². The molecule has 0 amide bonds. The molecule has 0 spiro atoms. The zero-order valence-corrected chi connectivity index (χ0v) is 38.8. The monoisotopic (exact) mass is 865 g/mol. The highest BCUT2D eigenvalue weighted by Crippen LogP contribution is 2.52. The van der Waals surface area contributed by atoms with Crippen LogP contribution in [0.15, 0.2) is 46.4 Å². The van der Waals surface area contributed by atoms with Crippen LogP contribution in [0.4, 0.5) is 11.4 Å². The number of nitrogens with two attached hydrogens (primary N) is 4. The number of phenols is 2. The van der Waals surface area contributed by atoms with E-state index in [0.29, 0.717) is 47.6 Å². The van der Waals surface area contributed by atoms with Crippen LogP contribution in [0.2, 0.25) is 0 Å². The number of guanidine groups is 2. The maximum atomic E-state index is 10.9. The number of hydrogen-bond acceptors (Lipinski definition) is 9. The van der Waals surface area contributed by atoms with Gasteiger partial charge >= 0.3 is 0 Å². The maximum absolute atomic E-state index is 10.9. The van der Waals surface area contributed by atoms with E-state index in [2.05, 4.69) is 23.8 Å². The van der Waals surface area contributed by atoms with Crippen molar-refractivity contribution in [2.75, 3.05) is 27.4 Å². The molecule has 0 saturated heterocycles. The van der Waals surface area contributed by atoms with Gasteiger partial charge in [-0.3, -0.25) is 0 Å². The number of benzene rings is 4. The number of aliphatic imine (C=N–C) groups is 2. The minimum Gasteiger partial charge on any atom is -0.507 e. The molecule has 10 N–H and O–H groups in total. The molecular formula is C50H68N6O7. The van der Waals surface area contributed by atoms with Crippen LogP contribution in [-0.2, 0) is 17.6 Å². The Morgan fingerprint density at radius 2 is 1.00 bits per heavy atom. The van der Waals surface area contributed by atoms with Crippen LogP contribution in [0, 0.1) is 41.5 Å². The molecule has 4 aromatic carbocycles. The maximum Gasteiger partial charge on any atom is 0.191 e. The number of nitrogens with zero attached hydrogens (tertiary/aromatic N) is 2. The second-order valence-electron chi connectivity index (χ2n) is 17.8. The normalized spacial score (nSPS) is 18.8. The van der Waals surface area contributed by atoms with Gasteiger partial charge in [0.1, 0.15) is 45.7 Å². The fourth-order valence-corrected chi connectivity index (χ4v) is 9.89. The summed E-state index contributed by atoms with van der Waals surface area (Å²) in [5.41, 5.74) is 32.4. The van der Waals surface area contributed by atoms with Gasteiger partial charge in [-0.15, -0.1) is 0 Å². The van der Waals surface area contributed by atoms with Crippen LogP contribution in [0.3, 0.4) is 0 Å². The van der Waals surface area contributed by atoms with Gasteiger partial charge in [-0.25, -0.2) is 9.98 Å². The van der Waals surface area contributed by atoms with Gasteiger partial charge in [-0.05, 0) is 152 Å². The van der Waals surface area contributed by atoms with E-state index in [1.165, 1.54) is 0 Å². The molecule has 4 unspecified atom stereocenters. The Bertz CT molecular complexity index is 2240. The van der Waals surface area contributed by atoms with Gasteiger partial charge in [0.25, 0.3) is 0 Å². The Labute approximate surface area is 372 Å².